The molecule has 3 heterocycles. The van der Waals surface area contributed by atoms with Crippen LogP contribution in [0.4, 0.5) is 0 Å². The molecule has 0 aromatic heterocycles. The zero-order valence-corrected chi connectivity index (χ0v) is 15.7. The Morgan fingerprint density at radius 2 is 1.73 bits per heavy atom. The molecule has 0 saturated carbocycles. The summed E-state index contributed by atoms with van der Waals surface area (Å²) in [6.45, 7) is 22.2. The lowest BCUT2D eigenvalue weighted by molar-refractivity contribution is -0.147. The average Bonchev–Trinajstić information content (AvgIpc) is 2.26. The van der Waals surface area contributed by atoms with E-state index in [1.165, 1.54) is 52.1 Å². The highest BCUT2D eigenvalue weighted by Gasteiger charge is 2.53. The van der Waals surface area contributed by atoms with E-state index >= 15 is 0 Å². The Kier molecular flexibility index (Phi) is 4.37. The Hall–Kier alpha value is -0.120. The van der Waals surface area contributed by atoms with Gasteiger partial charge in [-0.3, -0.25) is 9.80 Å². The van der Waals surface area contributed by atoms with E-state index in [4.69, 9.17) is 0 Å². The summed E-state index contributed by atoms with van der Waals surface area (Å²) < 4.78 is 0. The highest BCUT2D eigenvalue weighted by Crippen LogP contribution is 2.43. The Bertz CT molecular complexity index is 384. The first-order valence-electron chi connectivity index (χ1n) is 9.40. The molecule has 2 atom stereocenters. The van der Waals surface area contributed by atoms with E-state index in [9.17, 15) is 0 Å². The summed E-state index contributed by atoms with van der Waals surface area (Å²) in [4.78, 5) is 8.14. The summed E-state index contributed by atoms with van der Waals surface area (Å²) in [6.07, 6.45) is 2.75. The Morgan fingerprint density at radius 3 is 2.23 bits per heavy atom. The molecule has 3 heteroatoms. The van der Waals surface area contributed by atoms with Crippen molar-refractivity contribution < 1.29 is 0 Å². The smallest absolute Gasteiger partial charge is 0.0212 e. The lowest BCUT2D eigenvalue weighted by Crippen LogP contribution is -2.74. The molecule has 1 spiro atoms. The van der Waals surface area contributed by atoms with Crippen LogP contribution in [0.2, 0.25) is 0 Å². The predicted molar refractivity (Wildman–Crippen MR) is 94.2 cm³/mol. The molecular formula is C19H37N3. The van der Waals surface area contributed by atoms with E-state index in [0.29, 0.717) is 10.8 Å². The summed E-state index contributed by atoms with van der Waals surface area (Å²) >= 11 is 0. The zero-order valence-electron chi connectivity index (χ0n) is 15.7. The monoisotopic (exact) mass is 307 g/mol. The molecule has 3 aliphatic heterocycles. The topological polar surface area (TPSA) is 9.72 Å². The van der Waals surface area contributed by atoms with Gasteiger partial charge in [0.2, 0.25) is 0 Å². The molecule has 3 saturated heterocycles. The first-order valence-corrected chi connectivity index (χ1v) is 9.40. The highest BCUT2D eigenvalue weighted by atomic mass is 15.3. The molecule has 0 N–H and O–H groups in total. The minimum Gasteiger partial charge on any atom is -0.300 e. The molecule has 0 radical (unpaired) electrons. The molecule has 1 unspecified atom stereocenters. The second-order valence-electron chi connectivity index (χ2n) is 9.96. The van der Waals surface area contributed by atoms with Crippen LogP contribution in [0.25, 0.3) is 0 Å². The summed E-state index contributed by atoms with van der Waals surface area (Å²) in [5.41, 5.74) is 1.10. The van der Waals surface area contributed by atoms with Crippen LogP contribution in [0.5, 0.6) is 0 Å². The van der Waals surface area contributed by atoms with Gasteiger partial charge in [0.25, 0.3) is 0 Å². The molecular weight excluding hydrogens is 270 g/mol. The van der Waals surface area contributed by atoms with Gasteiger partial charge in [-0.15, -0.1) is 0 Å². The summed E-state index contributed by atoms with van der Waals surface area (Å²) in [5.74, 6) is 0. The number of likely N-dealkylation sites (tertiary alicyclic amines) is 3. The quantitative estimate of drug-likeness (QED) is 0.794. The zero-order chi connectivity index (χ0) is 16.1. The van der Waals surface area contributed by atoms with E-state index in [-0.39, 0.29) is 0 Å². The molecule has 3 nitrogen and oxygen atoms in total. The van der Waals surface area contributed by atoms with Crippen molar-refractivity contribution in [2.45, 2.75) is 72.5 Å². The molecule has 3 aliphatic rings. The predicted octanol–water partition coefficient (Wildman–Crippen LogP) is 2.91. The lowest BCUT2D eigenvalue weighted by atomic mass is 9.71. The van der Waals surface area contributed by atoms with Gasteiger partial charge in [-0.2, -0.15) is 0 Å². The fourth-order valence-electron chi connectivity index (χ4n) is 4.83. The van der Waals surface area contributed by atoms with Gasteiger partial charge in [0, 0.05) is 56.3 Å². The van der Waals surface area contributed by atoms with Gasteiger partial charge in [-0.1, -0.05) is 20.8 Å². The Morgan fingerprint density at radius 1 is 1.09 bits per heavy atom. The standard InChI is InChI=1S/C19H37N3/c1-15(2)21-11-19(12-21)13-22(14-19)17-7-8-20(16(3)9-17)10-18(4,5)6/h15-17H,7-14H2,1-6H3/t16-,17?/m0/s1. The van der Waals surface area contributed by atoms with E-state index in [1.54, 1.807) is 0 Å². The van der Waals surface area contributed by atoms with Crippen molar-refractivity contribution in [2.24, 2.45) is 10.8 Å². The van der Waals surface area contributed by atoms with Gasteiger partial charge in [0.1, 0.15) is 0 Å². The van der Waals surface area contributed by atoms with Crippen LogP contribution in [0.15, 0.2) is 0 Å². The van der Waals surface area contributed by atoms with Crippen molar-refractivity contribution in [3.63, 3.8) is 0 Å². The van der Waals surface area contributed by atoms with Crippen LogP contribution in [0.3, 0.4) is 0 Å². The summed E-state index contributed by atoms with van der Waals surface area (Å²) in [6, 6.07) is 2.34. The van der Waals surface area contributed by atoms with E-state index in [0.717, 1.165) is 18.1 Å². The number of piperidine rings is 1. The Balaban J connectivity index is 1.43. The van der Waals surface area contributed by atoms with Gasteiger partial charge in [-0.25, -0.2) is 0 Å². The molecule has 3 rings (SSSR count). The van der Waals surface area contributed by atoms with Gasteiger partial charge in [0.05, 0.1) is 0 Å². The van der Waals surface area contributed by atoms with E-state index in [2.05, 4.69) is 56.2 Å². The molecule has 22 heavy (non-hydrogen) atoms. The number of hydrogen-bond donors (Lipinski definition) is 0. The molecule has 0 aliphatic carbocycles. The van der Waals surface area contributed by atoms with Crippen LogP contribution in [0.1, 0.15) is 54.4 Å². The van der Waals surface area contributed by atoms with Crippen molar-refractivity contribution in [3.8, 4) is 0 Å². The van der Waals surface area contributed by atoms with Crippen LogP contribution >= 0.6 is 0 Å². The van der Waals surface area contributed by atoms with Crippen LogP contribution < -0.4 is 0 Å². The average molecular weight is 308 g/mol. The molecule has 0 aromatic carbocycles. The van der Waals surface area contributed by atoms with Crippen LogP contribution in [0, 0.1) is 10.8 Å². The second-order valence-corrected chi connectivity index (χ2v) is 9.96. The minimum absolute atomic E-state index is 0.425. The second kappa shape index (κ2) is 5.75. The van der Waals surface area contributed by atoms with Crippen molar-refractivity contribution in [1.82, 2.24) is 14.7 Å². The largest absolute Gasteiger partial charge is 0.300 e. The Labute approximate surface area is 138 Å². The van der Waals surface area contributed by atoms with Crippen LogP contribution in [-0.2, 0) is 0 Å². The van der Waals surface area contributed by atoms with Gasteiger partial charge < -0.3 is 4.90 Å². The van der Waals surface area contributed by atoms with E-state index < -0.39 is 0 Å². The lowest BCUT2D eigenvalue weighted by Gasteiger charge is -2.64. The molecule has 0 bridgehead atoms. The SMILES string of the molecule is CC(C)N1CC2(C1)CN(C1CCN(CC(C)(C)C)[C@@H](C)C1)C2. The van der Waals surface area contributed by atoms with Gasteiger partial charge in [0.15, 0.2) is 0 Å². The third-order valence-electron chi connectivity index (χ3n) is 6.06. The van der Waals surface area contributed by atoms with Crippen LogP contribution in [-0.4, -0.2) is 72.1 Å². The first-order chi connectivity index (χ1) is 10.2. The number of nitrogens with zero attached hydrogens (tertiary/aromatic N) is 3. The maximum atomic E-state index is 2.79. The van der Waals surface area contributed by atoms with Gasteiger partial charge >= 0.3 is 0 Å². The van der Waals surface area contributed by atoms with Crippen molar-refractivity contribution in [1.29, 1.82) is 0 Å². The molecule has 0 amide bonds. The van der Waals surface area contributed by atoms with Crippen molar-refractivity contribution in [3.05, 3.63) is 0 Å². The fraction of sp³-hybridized carbons (Fsp3) is 1.00. The maximum absolute atomic E-state index is 2.79. The maximum Gasteiger partial charge on any atom is 0.0212 e. The third-order valence-corrected chi connectivity index (χ3v) is 6.06. The molecule has 128 valence electrons. The summed E-state index contributed by atoms with van der Waals surface area (Å²) in [7, 11) is 0. The van der Waals surface area contributed by atoms with Crippen molar-refractivity contribution in [2.75, 3.05) is 39.3 Å². The van der Waals surface area contributed by atoms with E-state index in [1.807, 2.05) is 0 Å². The number of hydrogen-bond acceptors (Lipinski definition) is 3. The first kappa shape index (κ1) is 16.7. The highest BCUT2D eigenvalue weighted by molar-refractivity contribution is 5.08. The fourth-order valence-corrected chi connectivity index (χ4v) is 4.83. The van der Waals surface area contributed by atoms with Crippen molar-refractivity contribution >= 4 is 0 Å². The number of rotatable bonds is 3. The summed E-state index contributed by atoms with van der Waals surface area (Å²) in [5, 5.41) is 0. The third kappa shape index (κ3) is 3.37. The molecule has 0 aromatic rings. The molecule has 3 fully saturated rings. The van der Waals surface area contributed by atoms with Gasteiger partial charge in [-0.05, 0) is 45.6 Å². The minimum atomic E-state index is 0.425. The normalized spacial score (nSPS) is 34.0.